The molecule has 4 heteroatoms. The van der Waals surface area contributed by atoms with Gasteiger partial charge in [0.2, 0.25) is 0 Å². The van der Waals surface area contributed by atoms with Crippen LogP contribution in [0.2, 0.25) is 0 Å². The Balaban J connectivity index is 2.16. The van der Waals surface area contributed by atoms with Gasteiger partial charge in [-0.1, -0.05) is 12.5 Å². The largest absolute Gasteiger partial charge is 0.480 e. The molecule has 17 heavy (non-hydrogen) atoms. The number of pyridine rings is 1. The predicted octanol–water partition coefficient (Wildman–Crippen LogP) is 2.08. The van der Waals surface area contributed by atoms with Crippen molar-refractivity contribution >= 4 is 5.97 Å². The summed E-state index contributed by atoms with van der Waals surface area (Å²) in [6, 6.07) is 5.48. The zero-order valence-electron chi connectivity index (χ0n) is 10.0. The van der Waals surface area contributed by atoms with E-state index in [0.29, 0.717) is 0 Å². The summed E-state index contributed by atoms with van der Waals surface area (Å²) in [4.78, 5) is 17.6. The molecule has 2 rings (SSSR count). The molecule has 0 unspecified atom stereocenters. The molecule has 1 aliphatic rings. The van der Waals surface area contributed by atoms with Crippen molar-refractivity contribution in [2.24, 2.45) is 0 Å². The van der Waals surface area contributed by atoms with Crippen molar-refractivity contribution in [3.05, 3.63) is 30.1 Å². The smallest absolute Gasteiger partial charge is 0.320 e. The number of piperidine rings is 1. The monoisotopic (exact) mass is 234 g/mol. The molecule has 1 aliphatic heterocycles. The van der Waals surface area contributed by atoms with E-state index >= 15 is 0 Å². The number of hydrogen-bond donors (Lipinski definition) is 1. The molecule has 1 N–H and O–H groups in total. The van der Waals surface area contributed by atoms with Crippen molar-refractivity contribution < 1.29 is 9.90 Å². The molecule has 0 spiro atoms. The zero-order chi connectivity index (χ0) is 12.3. The maximum Gasteiger partial charge on any atom is 0.320 e. The van der Waals surface area contributed by atoms with E-state index < -0.39 is 5.97 Å². The van der Waals surface area contributed by atoms with Crippen molar-refractivity contribution in [1.82, 2.24) is 9.88 Å². The maximum absolute atomic E-state index is 11.2. The third kappa shape index (κ3) is 2.64. The van der Waals surface area contributed by atoms with Crippen molar-refractivity contribution in [3.8, 4) is 0 Å². The SMILES string of the molecule is C[C@H](c1ccccn1)N1CCCC[C@@H]1C(=O)O. The predicted molar refractivity (Wildman–Crippen MR) is 64.6 cm³/mol. The fraction of sp³-hybridized carbons (Fsp3) is 0.538. The molecule has 1 aromatic rings. The molecule has 0 saturated carbocycles. The molecule has 4 nitrogen and oxygen atoms in total. The molecular formula is C13H18N2O2. The summed E-state index contributed by atoms with van der Waals surface area (Å²) in [5.41, 5.74) is 0.945. The molecule has 2 heterocycles. The van der Waals surface area contributed by atoms with E-state index in [-0.39, 0.29) is 12.1 Å². The van der Waals surface area contributed by atoms with Gasteiger partial charge in [-0.15, -0.1) is 0 Å². The lowest BCUT2D eigenvalue weighted by Crippen LogP contribution is -2.45. The average Bonchev–Trinajstić information content (AvgIpc) is 2.39. The van der Waals surface area contributed by atoms with Gasteiger partial charge in [-0.3, -0.25) is 14.7 Å². The Morgan fingerprint density at radius 3 is 3.00 bits per heavy atom. The Hall–Kier alpha value is -1.42. The minimum absolute atomic E-state index is 0.0672. The Morgan fingerprint density at radius 1 is 1.53 bits per heavy atom. The van der Waals surface area contributed by atoms with Crippen molar-refractivity contribution in [3.63, 3.8) is 0 Å². The van der Waals surface area contributed by atoms with Crippen LogP contribution in [0.4, 0.5) is 0 Å². The lowest BCUT2D eigenvalue weighted by Gasteiger charge is -2.37. The molecule has 92 valence electrons. The van der Waals surface area contributed by atoms with Crippen LogP contribution in [0.5, 0.6) is 0 Å². The van der Waals surface area contributed by atoms with Gasteiger partial charge in [-0.2, -0.15) is 0 Å². The summed E-state index contributed by atoms with van der Waals surface area (Å²) in [5, 5.41) is 9.24. The number of carboxylic acids is 1. The van der Waals surface area contributed by atoms with Crippen LogP contribution in [0.15, 0.2) is 24.4 Å². The van der Waals surface area contributed by atoms with Gasteiger partial charge >= 0.3 is 5.97 Å². The van der Waals surface area contributed by atoms with Gasteiger partial charge in [0.15, 0.2) is 0 Å². The van der Waals surface area contributed by atoms with Gasteiger partial charge in [-0.25, -0.2) is 0 Å². The van der Waals surface area contributed by atoms with E-state index in [9.17, 15) is 9.90 Å². The number of likely N-dealkylation sites (tertiary alicyclic amines) is 1. The molecule has 1 aromatic heterocycles. The van der Waals surface area contributed by atoms with E-state index in [2.05, 4.69) is 4.98 Å². The van der Waals surface area contributed by atoms with Crippen LogP contribution in [0, 0.1) is 0 Å². The van der Waals surface area contributed by atoms with Crippen LogP contribution in [-0.2, 0) is 4.79 Å². The molecule has 0 aromatic carbocycles. The van der Waals surface area contributed by atoms with Gasteiger partial charge in [-0.05, 0) is 38.4 Å². The first-order chi connectivity index (χ1) is 8.20. The standard InChI is InChI=1S/C13H18N2O2/c1-10(11-6-2-4-8-14-11)15-9-5-3-7-12(15)13(16)17/h2,4,6,8,10,12H,3,5,7,9H2,1H3,(H,16,17)/t10-,12-/m1/s1. The first kappa shape index (κ1) is 12.0. The fourth-order valence-electron chi connectivity index (χ4n) is 2.48. The second kappa shape index (κ2) is 5.27. The molecule has 0 bridgehead atoms. The number of aromatic nitrogens is 1. The normalized spacial score (nSPS) is 23.2. The molecule has 2 atom stereocenters. The highest BCUT2D eigenvalue weighted by molar-refractivity contribution is 5.73. The first-order valence-electron chi connectivity index (χ1n) is 6.09. The third-order valence-corrected chi connectivity index (χ3v) is 3.44. The molecule has 0 aliphatic carbocycles. The zero-order valence-corrected chi connectivity index (χ0v) is 10.0. The molecule has 1 fully saturated rings. The van der Waals surface area contributed by atoms with Crippen molar-refractivity contribution in [2.75, 3.05) is 6.54 Å². The number of carbonyl (C=O) groups is 1. The molecule has 0 radical (unpaired) electrons. The lowest BCUT2D eigenvalue weighted by molar-refractivity contribution is -0.145. The van der Waals surface area contributed by atoms with Crippen LogP contribution in [0.25, 0.3) is 0 Å². The highest BCUT2D eigenvalue weighted by Gasteiger charge is 2.32. The number of carboxylic acid groups (broad SMARTS) is 1. The van der Waals surface area contributed by atoms with Crippen LogP contribution in [-0.4, -0.2) is 33.5 Å². The van der Waals surface area contributed by atoms with Gasteiger partial charge in [0.05, 0.1) is 11.7 Å². The summed E-state index contributed by atoms with van der Waals surface area (Å²) in [6.07, 6.45) is 4.57. The van der Waals surface area contributed by atoms with Gasteiger partial charge in [0.1, 0.15) is 6.04 Å². The summed E-state index contributed by atoms with van der Waals surface area (Å²) < 4.78 is 0. The Morgan fingerprint density at radius 2 is 2.35 bits per heavy atom. The van der Waals surface area contributed by atoms with E-state index in [4.69, 9.17) is 0 Å². The minimum Gasteiger partial charge on any atom is -0.480 e. The highest BCUT2D eigenvalue weighted by Crippen LogP contribution is 2.27. The number of nitrogens with zero attached hydrogens (tertiary/aromatic N) is 2. The highest BCUT2D eigenvalue weighted by atomic mass is 16.4. The van der Waals surface area contributed by atoms with Gasteiger partial charge in [0, 0.05) is 6.20 Å². The minimum atomic E-state index is -0.715. The molecular weight excluding hydrogens is 216 g/mol. The summed E-state index contributed by atoms with van der Waals surface area (Å²) >= 11 is 0. The van der Waals surface area contributed by atoms with E-state index in [1.54, 1.807) is 6.20 Å². The van der Waals surface area contributed by atoms with E-state index in [1.807, 2.05) is 30.0 Å². The van der Waals surface area contributed by atoms with Crippen LogP contribution in [0.1, 0.15) is 37.9 Å². The quantitative estimate of drug-likeness (QED) is 0.870. The van der Waals surface area contributed by atoms with Crippen LogP contribution < -0.4 is 0 Å². The van der Waals surface area contributed by atoms with E-state index in [0.717, 1.165) is 31.5 Å². The number of rotatable bonds is 3. The first-order valence-corrected chi connectivity index (χ1v) is 6.09. The van der Waals surface area contributed by atoms with Crippen LogP contribution >= 0.6 is 0 Å². The number of aliphatic carboxylic acids is 1. The Bertz CT molecular complexity index is 380. The Labute approximate surface area is 101 Å². The van der Waals surface area contributed by atoms with Crippen molar-refractivity contribution in [2.45, 2.75) is 38.3 Å². The van der Waals surface area contributed by atoms with Gasteiger partial charge in [0.25, 0.3) is 0 Å². The maximum atomic E-state index is 11.2. The number of hydrogen-bond acceptors (Lipinski definition) is 3. The summed E-state index contributed by atoms with van der Waals surface area (Å²) in [7, 11) is 0. The van der Waals surface area contributed by atoms with Gasteiger partial charge < -0.3 is 5.11 Å². The molecule has 0 amide bonds. The average molecular weight is 234 g/mol. The second-order valence-corrected chi connectivity index (χ2v) is 4.52. The summed E-state index contributed by atoms with van der Waals surface area (Å²) in [6.45, 7) is 2.87. The third-order valence-electron chi connectivity index (χ3n) is 3.44. The van der Waals surface area contributed by atoms with Crippen molar-refractivity contribution in [1.29, 1.82) is 0 Å². The lowest BCUT2D eigenvalue weighted by atomic mass is 9.99. The molecule has 1 saturated heterocycles. The van der Waals surface area contributed by atoms with E-state index in [1.165, 1.54) is 0 Å². The summed E-state index contributed by atoms with van der Waals surface area (Å²) in [5.74, 6) is -0.715. The van der Waals surface area contributed by atoms with Crippen LogP contribution in [0.3, 0.4) is 0 Å². The fourth-order valence-corrected chi connectivity index (χ4v) is 2.48. The Kier molecular flexibility index (Phi) is 3.74. The topological polar surface area (TPSA) is 53.4 Å². The second-order valence-electron chi connectivity index (χ2n) is 4.52.